The summed E-state index contributed by atoms with van der Waals surface area (Å²) in [5, 5.41) is 3.55. The second kappa shape index (κ2) is 6.79. The molecular weight excluding hydrogens is 276 g/mol. The Hall–Kier alpha value is -2.24. The first-order valence-electron chi connectivity index (χ1n) is 5.94. The molecule has 0 aliphatic heterocycles. The number of nitrogens with two attached hydrogens (primary N) is 1. The average Bonchev–Trinajstić information content (AvgIpc) is 2.48. The van der Waals surface area contributed by atoms with Crippen LogP contribution in [0, 0.1) is 0 Å². The van der Waals surface area contributed by atoms with Gasteiger partial charge in [-0.15, -0.1) is 0 Å². The smallest absolute Gasteiger partial charge is 0.215 e. The molecule has 0 spiro atoms. The van der Waals surface area contributed by atoms with Crippen LogP contribution in [0.25, 0.3) is 0 Å². The van der Waals surface area contributed by atoms with Crippen LogP contribution in [0.2, 0.25) is 5.02 Å². The monoisotopic (exact) mass is 290 g/mol. The first kappa shape index (κ1) is 14.2. The van der Waals surface area contributed by atoms with Crippen LogP contribution >= 0.6 is 11.6 Å². The molecule has 2 rings (SSSR count). The second-order valence-corrected chi connectivity index (χ2v) is 4.32. The van der Waals surface area contributed by atoms with Gasteiger partial charge in [-0.1, -0.05) is 29.8 Å². The van der Waals surface area contributed by atoms with Gasteiger partial charge in [0.25, 0.3) is 0 Å². The van der Waals surface area contributed by atoms with Crippen molar-refractivity contribution < 1.29 is 4.74 Å². The minimum Gasteiger partial charge on any atom is -0.495 e. The van der Waals surface area contributed by atoms with E-state index in [2.05, 4.69) is 15.7 Å². The van der Waals surface area contributed by atoms with Gasteiger partial charge in [-0.25, -0.2) is 10.8 Å². The molecule has 0 amide bonds. The Morgan fingerprint density at radius 1 is 1.20 bits per heavy atom. The number of anilines is 1. The lowest BCUT2D eigenvalue weighted by Crippen LogP contribution is -2.35. The molecule has 6 heteroatoms. The molecule has 0 radical (unpaired) electrons. The van der Waals surface area contributed by atoms with Crippen molar-refractivity contribution in [3.63, 3.8) is 0 Å². The second-order valence-electron chi connectivity index (χ2n) is 3.91. The Morgan fingerprint density at radius 3 is 2.55 bits per heavy atom. The number of nitrogens with zero attached hydrogens (tertiary/aromatic N) is 1. The zero-order valence-electron chi connectivity index (χ0n) is 10.9. The van der Waals surface area contributed by atoms with E-state index in [1.165, 1.54) is 0 Å². The van der Waals surface area contributed by atoms with Crippen LogP contribution in [-0.2, 0) is 0 Å². The largest absolute Gasteiger partial charge is 0.495 e. The van der Waals surface area contributed by atoms with E-state index in [1.54, 1.807) is 19.2 Å². The number of halogens is 1. The Labute approximate surface area is 122 Å². The standard InChI is InChI=1S/C14H15ClN4O/c1-20-13-8-7-11(9-12(13)15)18-14(19-16)17-10-5-3-2-4-6-10/h2-9H,16H2,1H3,(H2,17,18,19). The summed E-state index contributed by atoms with van der Waals surface area (Å²) >= 11 is 6.06. The zero-order valence-corrected chi connectivity index (χ0v) is 11.7. The molecule has 0 atom stereocenters. The summed E-state index contributed by atoms with van der Waals surface area (Å²) < 4.78 is 5.10. The highest BCUT2D eigenvalue weighted by molar-refractivity contribution is 6.32. The minimum atomic E-state index is 0.414. The van der Waals surface area contributed by atoms with Crippen molar-refractivity contribution in [2.45, 2.75) is 0 Å². The summed E-state index contributed by atoms with van der Waals surface area (Å²) in [6.07, 6.45) is 0. The molecule has 104 valence electrons. The number of guanidine groups is 1. The quantitative estimate of drug-likeness (QED) is 0.352. The Kier molecular flexibility index (Phi) is 4.81. The van der Waals surface area contributed by atoms with E-state index >= 15 is 0 Å². The fourth-order valence-corrected chi connectivity index (χ4v) is 1.87. The molecule has 0 unspecified atom stereocenters. The highest BCUT2D eigenvalue weighted by Gasteiger charge is 2.03. The third kappa shape index (κ3) is 3.63. The highest BCUT2D eigenvalue weighted by atomic mass is 35.5. The lowest BCUT2D eigenvalue weighted by Gasteiger charge is -2.10. The van der Waals surface area contributed by atoms with E-state index in [1.807, 2.05) is 36.4 Å². The van der Waals surface area contributed by atoms with Gasteiger partial charge in [-0.2, -0.15) is 0 Å². The summed E-state index contributed by atoms with van der Waals surface area (Å²) in [4.78, 5) is 4.34. The molecule has 2 aromatic carbocycles. The van der Waals surface area contributed by atoms with Crippen molar-refractivity contribution >= 4 is 28.9 Å². The predicted octanol–water partition coefficient (Wildman–Crippen LogP) is 2.91. The van der Waals surface area contributed by atoms with Crippen molar-refractivity contribution in [1.82, 2.24) is 5.43 Å². The number of aliphatic imine (C=N–C) groups is 1. The fraction of sp³-hybridized carbons (Fsp3) is 0.0714. The van der Waals surface area contributed by atoms with Gasteiger partial charge < -0.3 is 10.1 Å². The van der Waals surface area contributed by atoms with Gasteiger partial charge in [0.05, 0.1) is 17.8 Å². The summed E-state index contributed by atoms with van der Waals surface area (Å²) in [6, 6.07) is 14.8. The molecule has 0 aliphatic carbocycles. The van der Waals surface area contributed by atoms with Gasteiger partial charge >= 0.3 is 0 Å². The average molecular weight is 291 g/mol. The SMILES string of the molecule is COc1ccc(NC(=Nc2ccccc2)NN)cc1Cl. The maximum atomic E-state index is 6.06. The predicted molar refractivity (Wildman–Crippen MR) is 82.5 cm³/mol. The molecule has 0 bridgehead atoms. The first-order chi connectivity index (χ1) is 9.72. The minimum absolute atomic E-state index is 0.414. The number of hydrogen-bond acceptors (Lipinski definition) is 3. The summed E-state index contributed by atoms with van der Waals surface area (Å²) in [7, 11) is 1.57. The number of hydrogen-bond donors (Lipinski definition) is 3. The van der Waals surface area contributed by atoms with Crippen LogP contribution in [0.4, 0.5) is 11.4 Å². The Bertz CT molecular complexity index is 601. The molecule has 0 heterocycles. The number of hydrazine groups is 1. The van der Waals surface area contributed by atoms with Gasteiger partial charge in [-0.3, -0.25) is 5.43 Å². The highest BCUT2D eigenvalue weighted by Crippen LogP contribution is 2.27. The molecule has 0 aromatic heterocycles. The Morgan fingerprint density at radius 2 is 1.95 bits per heavy atom. The van der Waals surface area contributed by atoms with Crippen LogP contribution in [0.1, 0.15) is 0 Å². The number of para-hydroxylation sites is 1. The van der Waals surface area contributed by atoms with E-state index in [0.717, 1.165) is 11.4 Å². The molecule has 0 saturated heterocycles. The molecule has 0 saturated carbocycles. The molecule has 0 fully saturated rings. The van der Waals surface area contributed by atoms with Crippen LogP contribution in [0.5, 0.6) is 5.75 Å². The first-order valence-corrected chi connectivity index (χ1v) is 6.31. The number of nitrogens with one attached hydrogen (secondary N) is 2. The normalized spacial score (nSPS) is 11.1. The van der Waals surface area contributed by atoms with Crippen molar-refractivity contribution in [2.75, 3.05) is 12.4 Å². The molecule has 2 aromatic rings. The maximum Gasteiger partial charge on any atom is 0.215 e. The molecule has 20 heavy (non-hydrogen) atoms. The molecule has 5 nitrogen and oxygen atoms in total. The van der Waals surface area contributed by atoms with Gasteiger partial charge in [0.2, 0.25) is 5.96 Å². The summed E-state index contributed by atoms with van der Waals surface area (Å²) in [5.74, 6) is 6.49. The summed E-state index contributed by atoms with van der Waals surface area (Å²) in [5.41, 5.74) is 4.05. The van der Waals surface area contributed by atoms with Crippen LogP contribution in [0.15, 0.2) is 53.5 Å². The lowest BCUT2D eigenvalue weighted by molar-refractivity contribution is 0.415. The van der Waals surface area contributed by atoms with Crippen LogP contribution in [-0.4, -0.2) is 13.1 Å². The van der Waals surface area contributed by atoms with E-state index in [-0.39, 0.29) is 0 Å². The van der Waals surface area contributed by atoms with Crippen molar-refractivity contribution in [2.24, 2.45) is 10.8 Å². The van der Waals surface area contributed by atoms with Crippen molar-refractivity contribution in [3.05, 3.63) is 53.6 Å². The van der Waals surface area contributed by atoms with Crippen molar-refractivity contribution in [1.29, 1.82) is 0 Å². The van der Waals surface area contributed by atoms with Crippen LogP contribution < -0.4 is 21.3 Å². The van der Waals surface area contributed by atoms with E-state index < -0.39 is 0 Å². The molecule has 0 aliphatic rings. The van der Waals surface area contributed by atoms with Crippen LogP contribution in [0.3, 0.4) is 0 Å². The number of methoxy groups -OCH3 is 1. The third-order valence-electron chi connectivity index (χ3n) is 2.55. The fourth-order valence-electron chi connectivity index (χ4n) is 1.61. The summed E-state index contributed by atoms with van der Waals surface area (Å²) in [6.45, 7) is 0. The number of rotatable bonds is 3. The van der Waals surface area contributed by atoms with E-state index in [9.17, 15) is 0 Å². The van der Waals surface area contributed by atoms with Gasteiger partial charge in [-0.05, 0) is 30.3 Å². The number of benzene rings is 2. The Balaban J connectivity index is 2.18. The van der Waals surface area contributed by atoms with E-state index in [4.69, 9.17) is 22.2 Å². The van der Waals surface area contributed by atoms with Crippen molar-refractivity contribution in [3.8, 4) is 5.75 Å². The van der Waals surface area contributed by atoms with E-state index in [0.29, 0.717) is 16.7 Å². The lowest BCUT2D eigenvalue weighted by atomic mass is 10.3. The van der Waals surface area contributed by atoms with Gasteiger partial charge in [0, 0.05) is 5.69 Å². The maximum absolute atomic E-state index is 6.06. The zero-order chi connectivity index (χ0) is 14.4. The molecule has 4 N–H and O–H groups in total. The van der Waals surface area contributed by atoms with Gasteiger partial charge in [0.1, 0.15) is 5.75 Å². The third-order valence-corrected chi connectivity index (χ3v) is 2.84. The molecular formula is C14H15ClN4O. The van der Waals surface area contributed by atoms with Gasteiger partial charge in [0.15, 0.2) is 0 Å². The topological polar surface area (TPSA) is 71.7 Å². The number of ether oxygens (including phenoxy) is 1.